The quantitative estimate of drug-likeness (QED) is 0.790. The number of hydrogen-bond donors (Lipinski definition) is 1. The summed E-state index contributed by atoms with van der Waals surface area (Å²) in [5, 5.41) is 2.06. The largest absolute Gasteiger partial charge is 0.493 e. The van der Waals surface area contributed by atoms with Crippen LogP contribution in [0.4, 0.5) is 0 Å². The number of nitrogens with zero attached hydrogens (tertiary/aromatic N) is 1. The van der Waals surface area contributed by atoms with Crippen LogP contribution in [0.2, 0.25) is 0 Å². The van der Waals surface area contributed by atoms with Gasteiger partial charge < -0.3 is 15.2 Å². The third-order valence-corrected chi connectivity index (χ3v) is 5.83. The van der Waals surface area contributed by atoms with E-state index >= 15 is 0 Å². The molecule has 144 valence electrons. The Hall–Kier alpha value is -1.27. The van der Waals surface area contributed by atoms with E-state index in [4.69, 9.17) is 15.2 Å². The molecule has 2 aromatic rings. The molecule has 2 heterocycles. The average molecular weight is 397 g/mol. The fourth-order valence-corrected chi connectivity index (χ4v) is 3.97. The number of thiophene rings is 1. The first kappa shape index (κ1) is 21.0. The van der Waals surface area contributed by atoms with Gasteiger partial charge in [0.05, 0.1) is 7.11 Å². The molecule has 1 aliphatic rings. The van der Waals surface area contributed by atoms with Gasteiger partial charge in [0, 0.05) is 30.6 Å². The minimum absolute atomic E-state index is 0. The molecule has 26 heavy (non-hydrogen) atoms. The van der Waals surface area contributed by atoms with Gasteiger partial charge in [0.15, 0.2) is 11.5 Å². The number of hydrogen-bond acceptors (Lipinski definition) is 5. The minimum atomic E-state index is 0. The van der Waals surface area contributed by atoms with Crippen LogP contribution in [0.5, 0.6) is 11.5 Å². The highest BCUT2D eigenvalue weighted by molar-refractivity contribution is 7.09. The molecule has 0 saturated carbocycles. The maximum Gasteiger partial charge on any atom is 0.161 e. The second kappa shape index (κ2) is 9.09. The lowest BCUT2D eigenvalue weighted by molar-refractivity contribution is 0.0898. The zero-order chi connectivity index (χ0) is 17.9. The molecule has 4 nitrogen and oxygen atoms in total. The van der Waals surface area contributed by atoms with Crippen molar-refractivity contribution in [3.05, 3.63) is 46.2 Å². The van der Waals surface area contributed by atoms with E-state index in [0.717, 1.165) is 37.6 Å². The summed E-state index contributed by atoms with van der Waals surface area (Å²) in [6.45, 7) is 8.07. The van der Waals surface area contributed by atoms with Gasteiger partial charge in [-0.05, 0) is 41.0 Å². The van der Waals surface area contributed by atoms with E-state index in [0.29, 0.717) is 6.61 Å². The molecule has 1 fully saturated rings. The Kier molecular flexibility index (Phi) is 7.35. The molecule has 6 heteroatoms. The second-order valence-corrected chi connectivity index (χ2v) is 8.48. The topological polar surface area (TPSA) is 47.7 Å². The van der Waals surface area contributed by atoms with Gasteiger partial charge in [-0.3, -0.25) is 4.90 Å². The van der Waals surface area contributed by atoms with E-state index < -0.39 is 0 Å². The van der Waals surface area contributed by atoms with Crippen LogP contribution in [0.25, 0.3) is 0 Å². The molecule has 1 saturated heterocycles. The van der Waals surface area contributed by atoms with Crippen molar-refractivity contribution >= 4 is 23.7 Å². The standard InChI is InChI=1S/C20H28N2O2S.ClH/c1-20(2)14-22(9-8-19(20)21)12-15-6-7-17(18(11-15)23-3)24-13-16-5-4-10-25-16;/h4-7,10-11,19H,8-9,12-14,21H2,1-3H3;1H. The van der Waals surface area contributed by atoms with Gasteiger partial charge >= 0.3 is 0 Å². The molecule has 0 aliphatic carbocycles. The Morgan fingerprint density at radius 3 is 2.73 bits per heavy atom. The van der Waals surface area contributed by atoms with Gasteiger partial charge in [-0.15, -0.1) is 23.7 Å². The van der Waals surface area contributed by atoms with Crippen molar-refractivity contribution in [1.82, 2.24) is 4.90 Å². The Bertz CT molecular complexity index is 691. The molecular weight excluding hydrogens is 368 g/mol. The summed E-state index contributed by atoms with van der Waals surface area (Å²) in [6, 6.07) is 10.6. The predicted molar refractivity (Wildman–Crippen MR) is 111 cm³/mol. The van der Waals surface area contributed by atoms with Crippen LogP contribution in [-0.2, 0) is 13.2 Å². The zero-order valence-corrected chi connectivity index (χ0v) is 17.4. The summed E-state index contributed by atoms with van der Waals surface area (Å²) in [7, 11) is 1.69. The van der Waals surface area contributed by atoms with E-state index in [1.165, 1.54) is 10.4 Å². The van der Waals surface area contributed by atoms with Crippen LogP contribution in [0.1, 0.15) is 30.7 Å². The number of ether oxygens (including phenoxy) is 2. The lowest BCUT2D eigenvalue weighted by Gasteiger charge is -2.42. The maximum absolute atomic E-state index is 6.24. The molecule has 1 aliphatic heterocycles. The average Bonchev–Trinajstić information content (AvgIpc) is 3.10. The summed E-state index contributed by atoms with van der Waals surface area (Å²) >= 11 is 1.70. The normalized spacial score (nSPS) is 19.6. The number of piperidine rings is 1. The summed E-state index contributed by atoms with van der Waals surface area (Å²) in [4.78, 5) is 3.68. The molecule has 0 bridgehead atoms. The second-order valence-electron chi connectivity index (χ2n) is 7.45. The molecule has 1 atom stereocenters. The van der Waals surface area contributed by atoms with Crippen LogP contribution in [0, 0.1) is 5.41 Å². The van der Waals surface area contributed by atoms with Crippen LogP contribution < -0.4 is 15.2 Å². The number of likely N-dealkylation sites (tertiary alicyclic amines) is 1. The van der Waals surface area contributed by atoms with E-state index in [-0.39, 0.29) is 23.9 Å². The summed E-state index contributed by atoms with van der Waals surface area (Å²) in [5.41, 5.74) is 7.65. The molecule has 0 radical (unpaired) electrons. The van der Waals surface area contributed by atoms with Crippen molar-refractivity contribution in [2.24, 2.45) is 11.1 Å². The van der Waals surface area contributed by atoms with E-state index in [9.17, 15) is 0 Å². The summed E-state index contributed by atoms with van der Waals surface area (Å²) in [5.74, 6) is 1.59. The number of rotatable bonds is 6. The van der Waals surface area contributed by atoms with Crippen LogP contribution in [0.3, 0.4) is 0 Å². The number of halogens is 1. The number of nitrogens with two attached hydrogens (primary N) is 1. The zero-order valence-electron chi connectivity index (χ0n) is 15.7. The minimum Gasteiger partial charge on any atom is -0.493 e. The van der Waals surface area contributed by atoms with Crippen LogP contribution >= 0.6 is 23.7 Å². The first-order valence-electron chi connectivity index (χ1n) is 8.78. The van der Waals surface area contributed by atoms with Gasteiger partial charge in [-0.2, -0.15) is 0 Å². The summed E-state index contributed by atoms with van der Waals surface area (Å²) < 4.78 is 11.5. The SMILES string of the molecule is COc1cc(CN2CCC(N)C(C)(C)C2)ccc1OCc1cccs1.Cl. The maximum atomic E-state index is 6.24. The lowest BCUT2D eigenvalue weighted by Crippen LogP contribution is -2.52. The molecule has 1 aromatic carbocycles. The molecule has 2 N–H and O–H groups in total. The Labute approximate surface area is 166 Å². The first-order valence-corrected chi connectivity index (χ1v) is 9.66. The Balaban J connectivity index is 0.00000243. The lowest BCUT2D eigenvalue weighted by atomic mass is 9.79. The molecular formula is C20H29ClN2O2S. The predicted octanol–water partition coefficient (Wildman–Crippen LogP) is 4.32. The molecule has 1 aromatic heterocycles. The monoisotopic (exact) mass is 396 g/mol. The molecule has 1 unspecified atom stereocenters. The van der Waals surface area contributed by atoms with Gasteiger partial charge in [0.2, 0.25) is 0 Å². The first-order chi connectivity index (χ1) is 12.0. The fraction of sp³-hybridized carbons (Fsp3) is 0.500. The van der Waals surface area contributed by atoms with E-state index in [2.05, 4.69) is 42.3 Å². The molecule has 0 amide bonds. The highest BCUT2D eigenvalue weighted by Crippen LogP contribution is 2.32. The van der Waals surface area contributed by atoms with Crippen molar-refractivity contribution in [2.75, 3.05) is 20.2 Å². The molecule has 0 spiro atoms. The van der Waals surface area contributed by atoms with Gasteiger partial charge in [0.25, 0.3) is 0 Å². The van der Waals surface area contributed by atoms with Gasteiger partial charge in [-0.1, -0.05) is 26.0 Å². The van der Waals surface area contributed by atoms with Crippen molar-refractivity contribution < 1.29 is 9.47 Å². The van der Waals surface area contributed by atoms with Crippen LogP contribution in [0.15, 0.2) is 35.7 Å². The number of benzene rings is 1. The highest BCUT2D eigenvalue weighted by Gasteiger charge is 2.33. The Morgan fingerprint density at radius 1 is 1.27 bits per heavy atom. The fourth-order valence-electron chi connectivity index (χ4n) is 3.35. The van der Waals surface area contributed by atoms with Gasteiger partial charge in [0.1, 0.15) is 6.61 Å². The van der Waals surface area contributed by atoms with E-state index in [1.54, 1.807) is 18.4 Å². The molecule has 3 rings (SSSR count). The number of methoxy groups -OCH3 is 1. The highest BCUT2D eigenvalue weighted by atomic mass is 35.5. The van der Waals surface area contributed by atoms with Crippen molar-refractivity contribution in [3.8, 4) is 11.5 Å². The van der Waals surface area contributed by atoms with E-state index in [1.807, 2.05) is 12.1 Å². The third kappa shape index (κ3) is 5.13. The Morgan fingerprint density at radius 2 is 2.08 bits per heavy atom. The van der Waals surface area contributed by atoms with Crippen molar-refractivity contribution in [2.45, 2.75) is 39.5 Å². The van der Waals surface area contributed by atoms with Crippen molar-refractivity contribution in [1.29, 1.82) is 0 Å². The smallest absolute Gasteiger partial charge is 0.161 e. The van der Waals surface area contributed by atoms with Crippen molar-refractivity contribution in [3.63, 3.8) is 0 Å². The van der Waals surface area contributed by atoms with Gasteiger partial charge in [-0.25, -0.2) is 0 Å². The summed E-state index contributed by atoms with van der Waals surface area (Å²) in [6.07, 6.45) is 1.05. The van der Waals surface area contributed by atoms with Crippen LogP contribution in [-0.4, -0.2) is 31.1 Å². The third-order valence-electron chi connectivity index (χ3n) is 4.98.